The van der Waals surface area contributed by atoms with Crippen LogP contribution in [0.5, 0.6) is 0 Å². The van der Waals surface area contributed by atoms with Gasteiger partial charge in [-0.3, -0.25) is 19.3 Å². The summed E-state index contributed by atoms with van der Waals surface area (Å²) in [6.45, 7) is 2.62. The first-order valence-corrected chi connectivity index (χ1v) is 12.9. The first kappa shape index (κ1) is 25.1. The minimum Gasteiger partial charge on any atom is -0.480 e. The van der Waals surface area contributed by atoms with E-state index >= 15 is 0 Å². The molecule has 0 aliphatic carbocycles. The summed E-state index contributed by atoms with van der Waals surface area (Å²) in [5, 5.41) is 23.5. The largest absolute Gasteiger partial charge is 0.480 e. The highest BCUT2D eigenvalue weighted by molar-refractivity contribution is 7.89. The van der Waals surface area contributed by atoms with E-state index in [0.717, 1.165) is 42.9 Å². The maximum Gasteiger partial charge on any atom is 0.323 e. The van der Waals surface area contributed by atoms with Crippen LogP contribution in [0.4, 0.5) is 0 Å². The van der Waals surface area contributed by atoms with Gasteiger partial charge in [-0.25, -0.2) is 8.42 Å². The molecule has 12 nitrogen and oxygen atoms in total. The molecule has 3 aromatic rings. The Kier molecular flexibility index (Phi) is 7.80. The number of aliphatic carboxylic acids is 1. The van der Waals surface area contributed by atoms with Crippen LogP contribution in [-0.4, -0.2) is 73.4 Å². The van der Waals surface area contributed by atoms with Gasteiger partial charge in [-0.05, 0) is 36.8 Å². The number of rotatable bonds is 11. The summed E-state index contributed by atoms with van der Waals surface area (Å²) in [6.07, 6.45) is 2.49. The second-order valence-corrected chi connectivity index (χ2v) is 9.83. The lowest BCUT2D eigenvalue weighted by molar-refractivity contribution is -0.138. The Bertz CT molecular complexity index is 1370. The lowest BCUT2D eigenvalue weighted by Gasteiger charge is -2.15. The summed E-state index contributed by atoms with van der Waals surface area (Å²) in [5.41, 5.74) is 1.17. The number of nitrogens with zero attached hydrogens (tertiary/aromatic N) is 3. The molecule has 2 aromatic carbocycles. The number of aromatic nitrogens is 2. The van der Waals surface area contributed by atoms with E-state index in [0.29, 0.717) is 12.1 Å². The molecule has 13 heteroatoms. The number of carboxylic acid groups (broad SMARTS) is 1. The van der Waals surface area contributed by atoms with E-state index in [4.69, 9.17) is 0 Å². The fraction of sp³-hybridized carbons (Fsp3) is 0.304. The Hall–Kier alpha value is -3.97. The molecule has 190 valence electrons. The number of fused-ring (bicyclic) bond motifs is 1. The van der Waals surface area contributed by atoms with Gasteiger partial charge in [0.1, 0.15) is 6.04 Å². The van der Waals surface area contributed by atoms with E-state index in [1.807, 2.05) is 4.68 Å². The predicted molar refractivity (Wildman–Crippen MR) is 133 cm³/mol. The molecule has 4 rings (SSSR count). The maximum atomic E-state index is 12.7. The van der Waals surface area contributed by atoms with E-state index in [-0.39, 0.29) is 4.90 Å². The van der Waals surface area contributed by atoms with Crippen molar-refractivity contribution >= 4 is 38.8 Å². The van der Waals surface area contributed by atoms with E-state index < -0.39 is 34.5 Å². The molecule has 0 bridgehead atoms. The summed E-state index contributed by atoms with van der Waals surface area (Å²) in [4.78, 5) is 28.5. The van der Waals surface area contributed by atoms with Crippen molar-refractivity contribution in [2.45, 2.75) is 23.9 Å². The number of carbonyl (C=O) groups excluding carboxylic acids is 1. The number of benzene rings is 2. The van der Waals surface area contributed by atoms with E-state index in [9.17, 15) is 23.1 Å². The molecule has 1 aliphatic rings. The lowest BCUT2D eigenvalue weighted by atomic mass is 10.1. The number of amides is 1. The molecule has 0 saturated heterocycles. The zero-order chi connectivity index (χ0) is 25.5. The number of sulfonamides is 1. The first-order chi connectivity index (χ1) is 17.3. The molecule has 0 fully saturated rings. The van der Waals surface area contributed by atoms with Gasteiger partial charge in [0, 0.05) is 37.1 Å². The van der Waals surface area contributed by atoms with Crippen LogP contribution in [0.3, 0.4) is 0 Å². The zero-order valence-electron chi connectivity index (χ0n) is 19.3. The fourth-order valence-electron chi connectivity index (χ4n) is 3.69. The topological polar surface area (TPSA) is 167 Å². The van der Waals surface area contributed by atoms with Crippen LogP contribution in [-0.2, 0) is 21.4 Å². The summed E-state index contributed by atoms with van der Waals surface area (Å²) in [5.74, 6) is -1.12. The van der Waals surface area contributed by atoms with Crippen molar-refractivity contribution in [3.05, 3.63) is 60.3 Å². The normalized spacial score (nSPS) is 14.2. The molecular weight excluding hydrogens is 486 g/mol. The molecule has 0 saturated carbocycles. The molecule has 1 aliphatic heterocycles. The van der Waals surface area contributed by atoms with E-state index in [1.54, 1.807) is 30.5 Å². The van der Waals surface area contributed by atoms with Crippen LogP contribution in [0.1, 0.15) is 16.8 Å². The Morgan fingerprint density at radius 1 is 1.17 bits per heavy atom. The van der Waals surface area contributed by atoms with Gasteiger partial charge in [-0.1, -0.05) is 18.2 Å². The lowest BCUT2D eigenvalue weighted by Crippen LogP contribution is -2.48. The van der Waals surface area contributed by atoms with Gasteiger partial charge >= 0.3 is 5.97 Å². The number of aryl methyl sites for hydroxylation is 1. The second-order valence-electron chi connectivity index (χ2n) is 8.11. The van der Waals surface area contributed by atoms with Gasteiger partial charge < -0.3 is 21.1 Å². The third-order valence-corrected chi connectivity index (χ3v) is 7.02. The Balaban J connectivity index is 1.34. The van der Waals surface area contributed by atoms with Crippen LogP contribution in [0.2, 0.25) is 0 Å². The van der Waals surface area contributed by atoms with Crippen LogP contribution < -0.4 is 20.7 Å². The smallest absolute Gasteiger partial charge is 0.323 e. The van der Waals surface area contributed by atoms with Crippen molar-refractivity contribution in [2.24, 2.45) is 4.99 Å². The molecule has 1 aromatic heterocycles. The minimum absolute atomic E-state index is 0.0650. The number of nitrogens with one attached hydrogen (secondary N) is 4. The highest BCUT2D eigenvalue weighted by atomic mass is 32.2. The van der Waals surface area contributed by atoms with E-state index in [1.165, 1.54) is 24.3 Å². The Morgan fingerprint density at radius 2 is 1.97 bits per heavy atom. The van der Waals surface area contributed by atoms with Gasteiger partial charge in [-0.15, -0.1) is 0 Å². The number of hydrogen-bond acceptors (Lipinski definition) is 8. The standard InChI is InChI=1S/C23H27N7O5S/c31-21(27-15-19(22(32)33)29-36(34,35)18-5-2-1-3-6-18)16-7-8-20-17(13-16)14-28-30(20)12-4-9-24-23-25-10-11-26-23/h1-3,5-8,13-14,19,29H,4,9-12,15H2,(H,27,31)(H,32,33)(H2,24,25,26). The zero-order valence-corrected chi connectivity index (χ0v) is 20.2. The third kappa shape index (κ3) is 6.17. The van der Waals surface area contributed by atoms with Crippen molar-refractivity contribution in [1.82, 2.24) is 30.5 Å². The van der Waals surface area contributed by atoms with Crippen molar-refractivity contribution in [3.8, 4) is 0 Å². The molecule has 1 atom stereocenters. The number of aliphatic imine (C=N–C) groups is 1. The molecule has 0 spiro atoms. The third-order valence-electron chi connectivity index (χ3n) is 5.53. The van der Waals surface area contributed by atoms with Crippen molar-refractivity contribution in [1.29, 1.82) is 0 Å². The van der Waals surface area contributed by atoms with E-state index in [2.05, 4.69) is 30.8 Å². The van der Waals surface area contributed by atoms with Crippen LogP contribution >= 0.6 is 0 Å². The Morgan fingerprint density at radius 3 is 2.69 bits per heavy atom. The summed E-state index contributed by atoms with van der Waals surface area (Å²) < 4.78 is 28.9. The predicted octanol–water partition coefficient (Wildman–Crippen LogP) is 0.137. The average molecular weight is 514 g/mol. The van der Waals surface area contributed by atoms with Crippen LogP contribution in [0, 0.1) is 0 Å². The molecule has 0 radical (unpaired) electrons. The van der Waals surface area contributed by atoms with Gasteiger partial charge in [-0.2, -0.15) is 9.82 Å². The monoisotopic (exact) mass is 513 g/mol. The molecule has 5 N–H and O–H groups in total. The summed E-state index contributed by atoms with van der Waals surface area (Å²) in [7, 11) is -4.07. The fourth-order valence-corrected chi connectivity index (χ4v) is 4.90. The SMILES string of the molecule is O=C(NCC(NS(=O)(=O)c1ccccc1)C(=O)O)c1ccc2c(cnn2CCCNC2=NCCN2)c1. The number of hydrogen-bond donors (Lipinski definition) is 5. The summed E-state index contributed by atoms with van der Waals surface area (Å²) in [6, 6.07) is 10.9. The average Bonchev–Trinajstić information content (AvgIpc) is 3.54. The highest BCUT2D eigenvalue weighted by Gasteiger charge is 2.26. The van der Waals surface area contributed by atoms with Crippen molar-refractivity contribution in [2.75, 3.05) is 26.2 Å². The number of carbonyl (C=O) groups is 2. The van der Waals surface area contributed by atoms with Crippen molar-refractivity contribution < 1.29 is 23.1 Å². The first-order valence-electron chi connectivity index (χ1n) is 11.4. The molecule has 2 heterocycles. The highest BCUT2D eigenvalue weighted by Crippen LogP contribution is 2.16. The maximum absolute atomic E-state index is 12.7. The molecule has 1 amide bonds. The van der Waals surface area contributed by atoms with Crippen molar-refractivity contribution in [3.63, 3.8) is 0 Å². The van der Waals surface area contributed by atoms with Gasteiger partial charge in [0.15, 0.2) is 5.96 Å². The second kappa shape index (κ2) is 11.2. The van der Waals surface area contributed by atoms with Gasteiger partial charge in [0.25, 0.3) is 5.91 Å². The van der Waals surface area contributed by atoms with Gasteiger partial charge in [0.2, 0.25) is 10.0 Å². The molecule has 36 heavy (non-hydrogen) atoms. The Labute approximate surface area is 207 Å². The van der Waals surface area contributed by atoms with Crippen LogP contribution in [0.25, 0.3) is 10.9 Å². The quantitative estimate of drug-likeness (QED) is 0.226. The minimum atomic E-state index is -4.07. The molecule has 1 unspecified atom stereocenters. The van der Waals surface area contributed by atoms with Gasteiger partial charge in [0.05, 0.1) is 23.2 Å². The number of guanidine groups is 1. The summed E-state index contributed by atoms with van der Waals surface area (Å²) >= 11 is 0. The van der Waals surface area contributed by atoms with Crippen LogP contribution in [0.15, 0.2) is 64.6 Å². The number of carboxylic acids is 1. The molecular formula is C23H27N7O5S.